The zero-order valence-electron chi connectivity index (χ0n) is 11.2. The van der Waals surface area contributed by atoms with Crippen LogP contribution in [-0.2, 0) is 0 Å². The normalized spacial score (nSPS) is 10.8. The lowest BCUT2D eigenvalue weighted by atomic mass is 10.2. The van der Waals surface area contributed by atoms with Crippen LogP contribution in [0.3, 0.4) is 0 Å². The van der Waals surface area contributed by atoms with Gasteiger partial charge in [-0.1, -0.05) is 18.2 Å². The number of hydrogen-bond acceptors (Lipinski definition) is 3. The predicted octanol–water partition coefficient (Wildman–Crippen LogP) is 5.01. The van der Waals surface area contributed by atoms with Gasteiger partial charge in [-0.25, -0.2) is 4.39 Å². The second kappa shape index (κ2) is 5.87. The first kappa shape index (κ1) is 14.1. The number of para-hydroxylation sites is 1. The number of thiophene rings is 1. The average molecular weight is 317 g/mol. The van der Waals surface area contributed by atoms with Crippen LogP contribution in [0.2, 0.25) is 0 Å². The Bertz CT molecular complexity index is 813. The Morgan fingerprint density at radius 2 is 2.00 bits per heavy atom. The highest BCUT2D eigenvalue weighted by Crippen LogP contribution is 2.29. The van der Waals surface area contributed by atoms with Crippen LogP contribution in [0.15, 0.2) is 53.4 Å². The van der Waals surface area contributed by atoms with Gasteiger partial charge in [0.25, 0.3) is 5.91 Å². The van der Waals surface area contributed by atoms with Crippen molar-refractivity contribution in [2.24, 2.45) is 0 Å². The van der Waals surface area contributed by atoms with Crippen molar-refractivity contribution in [2.45, 2.75) is 4.90 Å². The minimum Gasteiger partial charge on any atom is -0.320 e. The van der Waals surface area contributed by atoms with E-state index in [0.717, 1.165) is 15.3 Å². The second-order valence-electron chi connectivity index (χ2n) is 4.42. The molecule has 0 atom stereocenters. The summed E-state index contributed by atoms with van der Waals surface area (Å²) in [4.78, 5) is 13.8. The Morgan fingerprint density at radius 1 is 1.19 bits per heavy atom. The van der Waals surface area contributed by atoms with E-state index in [0.29, 0.717) is 10.3 Å². The third-order valence-corrected chi connectivity index (χ3v) is 4.98. The van der Waals surface area contributed by atoms with Crippen molar-refractivity contribution < 1.29 is 9.18 Å². The molecule has 0 saturated carbocycles. The Balaban J connectivity index is 1.92. The molecule has 3 aromatic rings. The van der Waals surface area contributed by atoms with E-state index < -0.39 is 0 Å². The van der Waals surface area contributed by atoms with Crippen LogP contribution >= 0.6 is 23.1 Å². The van der Waals surface area contributed by atoms with Gasteiger partial charge in [0.2, 0.25) is 0 Å². The van der Waals surface area contributed by atoms with Crippen molar-refractivity contribution >= 4 is 44.8 Å². The van der Waals surface area contributed by atoms with Gasteiger partial charge in [-0.05, 0) is 36.6 Å². The molecule has 0 fully saturated rings. The molecule has 1 amide bonds. The lowest BCUT2D eigenvalue weighted by molar-refractivity contribution is 0.103. The Labute approximate surface area is 130 Å². The molecule has 0 aliphatic carbocycles. The molecular formula is C16H12FNOS2. The van der Waals surface area contributed by atoms with Crippen LogP contribution in [0.25, 0.3) is 10.1 Å². The number of nitrogens with one attached hydrogen (secondary N) is 1. The summed E-state index contributed by atoms with van der Waals surface area (Å²) >= 11 is 2.86. The van der Waals surface area contributed by atoms with Crippen LogP contribution in [0.1, 0.15) is 9.67 Å². The van der Waals surface area contributed by atoms with Crippen molar-refractivity contribution in [1.82, 2.24) is 0 Å². The van der Waals surface area contributed by atoms with Gasteiger partial charge in [-0.15, -0.1) is 23.1 Å². The largest absolute Gasteiger partial charge is 0.320 e. The maximum absolute atomic E-state index is 13.7. The van der Waals surface area contributed by atoms with Crippen molar-refractivity contribution in [3.8, 4) is 0 Å². The fourth-order valence-electron chi connectivity index (χ4n) is 2.07. The molecular weight excluding hydrogens is 305 g/mol. The third kappa shape index (κ3) is 2.80. The fourth-order valence-corrected chi connectivity index (χ4v) is 3.59. The van der Waals surface area contributed by atoms with Gasteiger partial charge in [0, 0.05) is 15.0 Å². The summed E-state index contributed by atoms with van der Waals surface area (Å²) in [5.41, 5.74) is 0.771. The van der Waals surface area contributed by atoms with E-state index in [1.807, 2.05) is 36.6 Å². The van der Waals surface area contributed by atoms with E-state index in [1.165, 1.54) is 17.4 Å². The molecule has 1 heterocycles. The van der Waals surface area contributed by atoms with E-state index in [2.05, 4.69) is 5.32 Å². The Morgan fingerprint density at radius 3 is 2.76 bits per heavy atom. The Kier molecular flexibility index (Phi) is 3.94. The number of carbonyl (C=O) groups excluding carboxylic acids is 1. The van der Waals surface area contributed by atoms with Gasteiger partial charge < -0.3 is 5.32 Å². The molecule has 0 bridgehead atoms. The highest BCUT2D eigenvalue weighted by atomic mass is 32.2. The number of fused-ring (bicyclic) bond motifs is 1. The van der Waals surface area contributed by atoms with Gasteiger partial charge in [-0.2, -0.15) is 0 Å². The molecule has 1 aromatic heterocycles. The molecule has 106 valence electrons. The van der Waals surface area contributed by atoms with Crippen molar-refractivity contribution in [2.75, 3.05) is 11.6 Å². The van der Waals surface area contributed by atoms with Gasteiger partial charge >= 0.3 is 0 Å². The van der Waals surface area contributed by atoms with E-state index in [9.17, 15) is 9.18 Å². The molecule has 0 unspecified atom stereocenters. The van der Waals surface area contributed by atoms with Crippen LogP contribution in [0.4, 0.5) is 10.1 Å². The quantitative estimate of drug-likeness (QED) is 0.688. The van der Waals surface area contributed by atoms with Gasteiger partial charge in [0.1, 0.15) is 5.82 Å². The average Bonchev–Trinajstić information content (AvgIpc) is 2.93. The van der Waals surface area contributed by atoms with Gasteiger partial charge in [0.05, 0.1) is 10.6 Å². The molecule has 0 saturated heterocycles. The summed E-state index contributed by atoms with van der Waals surface area (Å²) in [5.74, 6) is -0.510. The summed E-state index contributed by atoms with van der Waals surface area (Å²) in [6, 6.07) is 14.1. The number of carbonyl (C=O) groups is 1. The highest BCUT2D eigenvalue weighted by Gasteiger charge is 2.13. The van der Waals surface area contributed by atoms with Gasteiger partial charge in [-0.3, -0.25) is 4.79 Å². The summed E-state index contributed by atoms with van der Waals surface area (Å²) < 4.78 is 14.5. The first-order chi connectivity index (χ1) is 10.2. The van der Waals surface area contributed by atoms with Crippen LogP contribution in [0, 0.1) is 5.82 Å². The number of benzene rings is 2. The minimum absolute atomic E-state index is 0.211. The summed E-state index contributed by atoms with van der Waals surface area (Å²) in [6.45, 7) is 0. The van der Waals surface area contributed by atoms with Crippen LogP contribution < -0.4 is 5.32 Å². The lowest BCUT2D eigenvalue weighted by Crippen LogP contribution is -2.10. The topological polar surface area (TPSA) is 29.1 Å². The molecule has 21 heavy (non-hydrogen) atoms. The highest BCUT2D eigenvalue weighted by molar-refractivity contribution is 7.98. The minimum atomic E-state index is -0.299. The summed E-state index contributed by atoms with van der Waals surface area (Å²) in [7, 11) is 0. The number of amides is 1. The monoisotopic (exact) mass is 317 g/mol. The molecule has 1 N–H and O–H groups in total. The molecule has 2 aromatic carbocycles. The Hall–Kier alpha value is -1.85. The summed E-state index contributed by atoms with van der Waals surface area (Å²) in [5, 5.41) is 3.38. The first-order valence-electron chi connectivity index (χ1n) is 6.31. The molecule has 5 heteroatoms. The lowest BCUT2D eigenvalue weighted by Gasteiger charge is -2.07. The van der Waals surface area contributed by atoms with Gasteiger partial charge in [0.15, 0.2) is 0 Å². The fraction of sp³-hybridized carbons (Fsp3) is 0.0625. The molecule has 2 nitrogen and oxygen atoms in total. The number of anilines is 1. The molecule has 0 radical (unpaired) electrons. The molecule has 0 aliphatic heterocycles. The van der Waals surface area contributed by atoms with E-state index in [1.54, 1.807) is 23.9 Å². The smallest absolute Gasteiger partial charge is 0.265 e. The zero-order chi connectivity index (χ0) is 14.8. The first-order valence-corrected chi connectivity index (χ1v) is 8.35. The van der Waals surface area contributed by atoms with Crippen molar-refractivity contribution in [3.05, 3.63) is 59.2 Å². The predicted molar refractivity (Wildman–Crippen MR) is 88.0 cm³/mol. The standard InChI is InChI=1S/C16H12FNOS2/c1-20-14-7-3-2-6-12(14)18-16(19)15-9-10-11(17)5-4-8-13(10)21-15/h2-9H,1H3,(H,18,19). The van der Waals surface area contributed by atoms with Crippen molar-refractivity contribution in [1.29, 1.82) is 0 Å². The zero-order valence-corrected chi connectivity index (χ0v) is 12.9. The summed E-state index contributed by atoms with van der Waals surface area (Å²) in [6.07, 6.45) is 1.96. The second-order valence-corrected chi connectivity index (χ2v) is 6.35. The molecule has 0 aliphatic rings. The van der Waals surface area contributed by atoms with E-state index in [-0.39, 0.29) is 11.7 Å². The maximum Gasteiger partial charge on any atom is 0.265 e. The number of thioether (sulfide) groups is 1. The van der Waals surface area contributed by atoms with Crippen LogP contribution in [-0.4, -0.2) is 12.2 Å². The maximum atomic E-state index is 13.7. The third-order valence-electron chi connectivity index (χ3n) is 3.09. The van der Waals surface area contributed by atoms with E-state index in [4.69, 9.17) is 0 Å². The number of rotatable bonds is 3. The van der Waals surface area contributed by atoms with Crippen LogP contribution in [0.5, 0.6) is 0 Å². The molecule has 0 spiro atoms. The molecule has 3 rings (SSSR count). The van der Waals surface area contributed by atoms with E-state index >= 15 is 0 Å². The SMILES string of the molecule is CSc1ccccc1NC(=O)c1cc2c(F)cccc2s1. The number of hydrogen-bond donors (Lipinski definition) is 1. The van der Waals surface area contributed by atoms with Crippen molar-refractivity contribution in [3.63, 3.8) is 0 Å². The number of halogens is 1.